The van der Waals surface area contributed by atoms with Gasteiger partial charge >= 0.3 is 6.18 Å². The second-order valence-corrected chi connectivity index (χ2v) is 4.20. The molecule has 110 valence electrons. The van der Waals surface area contributed by atoms with Crippen LogP contribution in [0.15, 0.2) is 54.6 Å². The summed E-state index contributed by atoms with van der Waals surface area (Å²) in [5, 5.41) is 0.824. The van der Waals surface area contributed by atoms with Gasteiger partial charge in [-0.25, -0.2) is 0 Å². The van der Waals surface area contributed by atoms with Crippen LogP contribution in [0.2, 0.25) is 0 Å². The van der Waals surface area contributed by atoms with Crippen LogP contribution in [0, 0.1) is 0 Å². The van der Waals surface area contributed by atoms with Gasteiger partial charge in [-0.05, 0) is 30.3 Å². The molecule has 2 rings (SSSR count). The zero-order valence-electron chi connectivity index (χ0n) is 11.1. The van der Waals surface area contributed by atoms with E-state index in [0.717, 1.165) is 17.2 Å². The Labute approximate surface area is 119 Å². The summed E-state index contributed by atoms with van der Waals surface area (Å²) in [5.41, 5.74) is -0.513. The summed E-state index contributed by atoms with van der Waals surface area (Å²) in [7, 11) is 1.22. The number of rotatable bonds is 3. The van der Waals surface area contributed by atoms with Crippen LogP contribution in [-0.2, 0) is 11.0 Å². The minimum Gasteiger partial charge on any atom is -0.269 e. The molecule has 0 saturated heterocycles. The molecule has 3 nitrogen and oxygen atoms in total. The van der Waals surface area contributed by atoms with Crippen molar-refractivity contribution in [2.24, 2.45) is 0 Å². The Hall–Kier alpha value is -2.34. The van der Waals surface area contributed by atoms with Crippen molar-refractivity contribution >= 4 is 11.6 Å². The van der Waals surface area contributed by atoms with E-state index in [2.05, 4.69) is 0 Å². The number of benzene rings is 2. The molecule has 2 aromatic rings. The van der Waals surface area contributed by atoms with Gasteiger partial charge < -0.3 is 0 Å². The molecule has 0 heterocycles. The normalized spacial score (nSPS) is 11.2. The Balaban J connectivity index is 2.36. The first-order valence-corrected chi connectivity index (χ1v) is 6.04. The standard InChI is InChI=1S/C15H12F3NO2/c1-21-19(14(20)11-6-3-2-4-7-11)13-9-5-8-12(10-13)15(16,17)18/h2-10H,1H3. The fraction of sp³-hybridized carbons (Fsp3) is 0.133. The molecule has 2 aromatic carbocycles. The zero-order valence-corrected chi connectivity index (χ0v) is 11.1. The first-order chi connectivity index (χ1) is 9.93. The number of amides is 1. The molecule has 0 aliphatic heterocycles. The third kappa shape index (κ3) is 3.41. The number of hydrogen-bond acceptors (Lipinski definition) is 2. The number of hydroxylamine groups is 1. The quantitative estimate of drug-likeness (QED) is 0.803. The van der Waals surface area contributed by atoms with E-state index < -0.39 is 17.6 Å². The van der Waals surface area contributed by atoms with E-state index in [-0.39, 0.29) is 5.69 Å². The number of halogens is 3. The second kappa shape index (κ2) is 5.97. The maximum absolute atomic E-state index is 12.7. The van der Waals surface area contributed by atoms with Crippen molar-refractivity contribution in [1.82, 2.24) is 0 Å². The maximum Gasteiger partial charge on any atom is 0.416 e. The molecule has 6 heteroatoms. The number of hydrogen-bond donors (Lipinski definition) is 0. The van der Waals surface area contributed by atoms with Crippen LogP contribution >= 0.6 is 0 Å². The number of carbonyl (C=O) groups is 1. The maximum atomic E-state index is 12.7. The molecule has 0 unspecified atom stereocenters. The largest absolute Gasteiger partial charge is 0.416 e. The summed E-state index contributed by atoms with van der Waals surface area (Å²) < 4.78 is 38.1. The molecule has 0 aromatic heterocycles. The number of alkyl halides is 3. The number of carbonyl (C=O) groups excluding carboxylic acids is 1. The minimum atomic E-state index is -4.48. The van der Waals surface area contributed by atoms with Crippen LogP contribution in [0.1, 0.15) is 15.9 Å². The van der Waals surface area contributed by atoms with Gasteiger partial charge in [0, 0.05) is 5.56 Å². The molecule has 0 radical (unpaired) electrons. The SMILES string of the molecule is CON(C(=O)c1ccccc1)c1cccc(C(F)(F)F)c1. The predicted molar refractivity (Wildman–Crippen MR) is 71.7 cm³/mol. The van der Waals surface area contributed by atoms with E-state index in [4.69, 9.17) is 4.84 Å². The van der Waals surface area contributed by atoms with Crippen molar-refractivity contribution in [3.8, 4) is 0 Å². The van der Waals surface area contributed by atoms with Crippen molar-refractivity contribution in [1.29, 1.82) is 0 Å². The van der Waals surface area contributed by atoms with Gasteiger partial charge in [0.05, 0.1) is 18.4 Å². The lowest BCUT2D eigenvalue weighted by atomic mass is 10.1. The van der Waals surface area contributed by atoms with Gasteiger partial charge in [0.2, 0.25) is 0 Å². The first-order valence-electron chi connectivity index (χ1n) is 6.04. The van der Waals surface area contributed by atoms with Crippen molar-refractivity contribution in [3.05, 3.63) is 65.7 Å². The van der Waals surface area contributed by atoms with Crippen molar-refractivity contribution < 1.29 is 22.8 Å². The number of nitrogens with zero attached hydrogens (tertiary/aromatic N) is 1. The summed E-state index contributed by atoms with van der Waals surface area (Å²) in [6.07, 6.45) is -4.48. The van der Waals surface area contributed by atoms with Crippen LogP contribution in [-0.4, -0.2) is 13.0 Å². The third-order valence-corrected chi connectivity index (χ3v) is 2.80. The Morgan fingerprint density at radius 2 is 1.71 bits per heavy atom. The Bertz CT molecular complexity index is 626. The van der Waals surface area contributed by atoms with Crippen LogP contribution in [0.4, 0.5) is 18.9 Å². The first kappa shape index (κ1) is 15.1. The summed E-state index contributed by atoms with van der Waals surface area (Å²) in [5.74, 6) is -0.544. The van der Waals surface area contributed by atoms with E-state index in [9.17, 15) is 18.0 Å². The van der Waals surface area contributed by atoms with E-state index >= 15 is 0 Å². The summed E-state index contributed by atoms with van der Waals surface area (Å²) in [6, 6.07) is 12.6. The van der Waals surface area contributed by atoms with E-state index in [1.54, 1.807) is 30.3 Å². The van der Waals surface area contributed by atoms with Gasteiger partial charge in [0.15, 0.2) is 0 Å². The number of anilines is 1. The summed E-state index contributed by atoms with van der Waals surface area (Å²) in [6.45, 7) is 0. The van der Waals surface area contributed by atoms with Crippen LogP contribution in [0.5, 0.6) is 0 Å². The lowest BCUT2D eigenvalue weighted by Crippen LogP contribution is -2.30. The average molecular weight is 295 g/mol. The monoisotopic (exact) mass is 295 g/mol. The van der Waals surface area contributed by atoms with E-state index in [0.29, 0.717) is 5.56 Å². The highest BCUT2D eigenvalue weighted by molar-refractivity contribution is 6.04. The molecule has 0 fully saturated rings. The van der Waals surface area contributed by atoms with Gasteiger partial charge in [0.1, 0.15) is 0 Å². The van der Waals surface area contributed by atoms with Gasteiger partial charge in [0.25, 0.3) is 5.91 Å². The highest BCUT2D eigenvalue weighted by atomic mass is 19.4. The molecule has 0 bridgehead atoms. The summed E-state index contributed by atoms with van der Waals surface area (Å²) in [4.78, 5) is 17.2. The molecule has 0 saturated carbocycles. The molecule has 0 atom stereocenters. The van der Waals surface area contributed by atoms with Gasteiger partial charge in [-0.15, -0.1) is 0 Å². The molecular formula is C15H12F3NO2. The molecule has 0 N–H and O–H groups in total. The molecule has 0 spiro atoms. The molecular weight excluding hydrogens is 283 g/mol. The third-order valence-electron chi connectivity index (χ3n) is 2.80. The van der Waals surface area contributed by atoms with Crippen molar-refractivity contribution in [3.63, 3.8) is 0 Å². The van der Waals surface area contributed by atoms with Crippen LogP contribution in [0.3, 0.4) is 0 Å². The molecule has 21 heavy (non-hydrogen) atoms. The van der Waals surface area contributed by atoms with Crippen LogP contribution in [0.25, 0.3) is 0 Å². The van der Waals surface area contributed by atoms with E-state index in [1.807, 2.05) is 0 Å². The second-order valence-electron chi connectivity index (χ2n) is 4.20. The fourth-order valence-corrected chi connectivity index (χ4v) is 1.81. The lowest BCUT2D eigenvalue weighted by molar-refractivity contribution is -0.137. The summed E-state index contributed by atoms with van der Waals surface area (Å²) >= 11 is 0. The minimum absolute atomic E-state index is 0.0150. The Kier molecular flexibility index (Phi) is 4.28. The topological polar surface area (TPSA) is 29.5 Å². The fourth-order valence-electron chi connectivity index (χ4n) is 1.81. The van der Waals surface area contributed by atoms with Crippen molar-refractivity contribution in [2.45, 2.75) is 6.18 Å². The highest BCUT2D eigenvalue weighted by Gasteiger charge is 2.31. The van der Waals surface area contributed by atoms with Gasteiger partial charge in [-0.1, -0.05) is 24.3 Å². The lowest BCUT2D eigenvalue weighted by Gasteiger charge is -2.20. The zero-order chi connectivity index (χ0) is 15.5. The molecule has 0 aliphatic carbocycles. The van der Waals surface area contributed by atoms with E-state index in [1.165, 1.54) is 19.2 Å². The van der Waals surface area contributed by atoms with Gasteiger partial charge in [-0.3, -0.25) is 9.63 Å². The van der Waals surface area contributed by atoms with Crippen molar-refractivity contribution in [2.75, 3.05) is 12.2 Å². The van der Waals surface area contributed by atoms with Gasteiger partial charge in [-0.2, -0.15) is 18.2 Å². The van der Waals surface area contributed by atoms with Crippen LogP contribution < -0.4 is 5.06 Å². The molecule has 1 amide bonds. The predicted octanol–water partition coefficient (Wildman–Crippen LogP) is 3.91. The highest BCUT2D eigenvalue weighted by Crippen LogP contribution is 2.32. The smallest absolute Gasteiger partial charge is 0.269 e. The molecule has 0 aliphatic rings. The Morgan fingerprint density at radius 1 is 1.05 bits per heavy atom. The average Bonchev–Trinajstić information content (AvgIpc) is 2.48. The Morgan fingerprint density at radius 3 is 2.29 bits per heavy atom.